The van der Waals surface area contributed by atoms with Crippen LogP contribution in [0.25, 0.3) is 0 Å². The van der Waals surface area contributed by atoms with Crippen molar-refractivity contribution in [2.24, 2.45) is 0 Å². The Hall–Kier alpha value is -1.69. The first-order valence-electron chi connectivity index (χ1n) is 5.15. The highest BCUT2D eigenvalue weighted by Gasteiger charge is 2.12. The van der Waals surface area contributed by atoms with Gasteiger partial charge in [0.25, 0.3) is 5.91 Å². The van der Waals surface area contributed by atoms with Crippen LogP contribution < -0.4 is 10.6 Å². The molecular weight excluding hydrogens is 301 g/mol. The average Bonchev–Trinajstić information content (AvgIpc) is 2.32. The molecule has 0 aliphatic rings. The summed E-state index contributed by atoms with van der Waals surface area (Å²) in [7, 11) is 1.55. The molecule has 0 saturated heterocycles. The lowest BCUT2D eigenvalue weighted by Gasteiger charge is -2.10. The summed E-state index contributed by atoms with van der Waals surface area (Å²) in [5, 5.41) is 12.0. The van der Waals surface area contributed by atoms with Crippen LogP contribution in [0.1, 0.15) is 5.56 Å². The van der Waals surface area contributed by atoms with E-state index in [1.807, 2.05) is 0 Å². The molecule has 0 aromatic heterocycles. The van der Waals surface area contributed by atoms with E-state index in [2.05, 4.69) is 26.6 Å². The summed E-state index contributed by atoms with van der Waals surface area (Å²) in [6.45, 7) is 1.80. The highest BCUT2D eigenvalue weighted by molar-refractivity contribution is 9.10. The van der Waals surface area contributed by atoms with Crippen LogP contribution in [0.3, 0.4) is 0 Å². The number of carbonyl (C=O) groups is 1. The van der Waals surface area contributed by atoms with Gasteiger partial charge < -0.3 is 16.0 Å². The minimum Gasteiger partial charge on any atom is -0.384 e. The first kappa shape index (κ1) is 14.4. The molecule has 0 spiro atoms. The Morgan fingerprint density at radius 2 is 2.17 bits per heavy atom. The first-order chi connectivity index (χ1) is 8.49. The quantitative estimate of drug-likeness (QED) is 0.591. The smallest absolute Gasteiger partial charge is 0.271 e. The fourth-order valence-corrected chi connectivity index (χ4v) is 1.61. The summed E-state index contributed by atoms with van der Waals surface area (Å²) in [4.78, 5) is 11.8. The predicted octanol–water partition coefficient (Wildman–Crippen LogP) is 2.59. The zero-order valence-corrected chi connectivity index (χ0v) is 11.6. The molecular formula is C12H13BrFN3O. The lowest BCUT2D eigenvalue weighted by molar-refractivity contribution is -0.113. The Morgan fingerprint density at radius 1 is 1.50 bits per heavy atom. The molecule has 1 amide bonds. The molecule has 96 valence electrons. The predicted molar refractivity (Wildman–Crippen MR) is 73.4 cm³/mol. The van der Waals surface area contributed by atoms with Gasteiger partial charge in [-0.1, -0.05) is 15.9 Å². The number of carbonyl (C=O) groups excluding carboxylic acids is 1. The third-order valence-electron chi connectivity index (χ3n) is 2.26. The van der Waals surface area contributed by atoms with Crippen molar-refractivity contribution in [2.45, 2.75) is 6.92 Å². The maximum absolute atomic E-state index is 13.6. The molecule has 1 rings (SSSR count). The topological polar surface area (TPSA) is 65.0 Å². The largest absolute Gasteiger partial charge is 0.384 e. The number of nitrogens with one attached hydrogen (secondary N) is 3. The zero-order valence-electron chi connectivity index (χ0n) is 9.97. The number of hydrogen-bond acceptors (Lipinski definition) is 3. The minimum atomic E-state index is -0.522. The van der Waals surface area contributed by atoms with Gasteiger partial charge >= 0.3 is 0 Å². The van der Waals surface area contributed by atoms with E-state index in [-0.39, 0.29) is 11.4 Å². The number of anilines is 1. The normalized spacial score (nSPS) is 11.0. The molecule has 1 aromatic rings. The van der Waals surface area contributed by atoms with E-state index in [1.54, 1.807) is 14.0 Å². The summed E-state index contributed by atoms with van der Waals surface area (Å²) in [6, 6.07) is 2.83. The van der Waals surface area contributed by atoms with E-state index in [1.165, 1.54) is 18.2 Å². The van der Waals surface area contributed by atoms with Crippen molar-refractivity contribution in [1.82, 2.24) is 5.32 Å². The van der Waals surface area contributed by atoms with Crippen LogP contribution in [0.4, 0.5) is 10.1 Å². The molecule has 0 unspecified atom stereocenters. The van der Waals surface area contributed by atoms with Crippen molar-refractivity contribution in [3.8, 4) is 0 Å². The van der Waals surface area contributed by atoms with Gasteiger partial charge in [0.05, 0.1) is 5.69 Å². The fourth-order valence-electron chi connectivity index (χ4n) is 1.30. The van der Waals surface area contributed by atoms with E-state index in [4.69, 9.17) is 5.41 Å². The summed E-state index contributed by atoms with van der Waals surface area (Å²) in [5.74, 6) is -1.02. The second kappa shape index (κ2) is 6.30. The van der Waals surface area contributed by atoms with Gasteiger partial charge in [-0.15, -0.1) is 0 Å². The molecule has 6 heteroatoms. The van der Waals surface area contributed by atoms with Gasteiger partial charge in [0.15, 0.2) is 0 Å². The number of allylic oxidation sites excluding steroid dienone is 1. The third kappa shape index (κ3) is 3.40. The Bertz CT molecular complexity index is 514. The van der Waals surface area contributed by atoms with E-state index in [0.717, 1.165) is 11.8 Å². The fraction of sp³-hybridized carbons (Fsp3) is 0.167. The van der Waals surface area contributed by atoms with Crippen LogP contribution in [-0.2, 0) is 4.79 Å². The Balaban J connectivity index is 2.98. The maximum atomic E-state index is 13.6. The number of rotatable bonds is 4. The van der Waals surface area contributed by atoms with Crippen molar-refractivity contribution in [3.63, 3.8) is 0 Å². The highest BCUT2D eigenvalue weighted by atomic mass is 79.9. The van der Waals surface area contributed by atoms with E-state index in [0.29, 0.717) is 4.47 Å². The molecule has 1 aromatic carbocycles. The molecule has 18 heavy (non-hydrogen) atoms. The van der Waals surface area contributed by atoms with Gasteiger partial charge in [-0.2, -0.15) is 0 Å². The van der Waals surface area contributed by atoms with Crippen molar-refractivity contribution in [3.05, 3.63) is 39.8 Å². The second-order valence-corrected chi connectivity index (χ2v) is 4.39. The molecule has 0 fully saturated rings. The third-order valence-corrected chi connectivity index (χ3v) is 3.11. The van der Waals surface area contributed by atoms with Gasteiger partial charge in [-0.3, -0.25) is 4.79 Å². The standard InChI is InChI=1S/C12H13BrFN3O/c1-7-5-11(9(14)6-8(7)13)17-12(18)10(16-2)3-4-15/h3-6,15-16H,1-2H3,(H,17,18)/b10-3-,15-4?. The van der Waals surface area contributed by atoms with Gasteiger partial charge in [0, 0.05) is 17.7 Å². The molecule has 0 heterocycles. The molecule has 0 aliphatic carbocycles. The van der Waals surface area contributed by atoms with Gasteiger partial charge in [-0.25, -0.2) is 4.39 Å². The number of hydrogen-bond donors (Lipinski definition) is 3. The number of aryl methyl sites for hydroxylation is 1. The lowest BCUT2D eigenvalue weighted by atomic mass is 10.2. The number of likely N-dealkylation sites (N-methyl/N-ethyl adjacent to an activating group) is 1. The number of benzene rings is 1. The summed E-state index contributed by atoms with van der Waals surface area (Å²) < 4.78 is 14.3. The molecule has 4 nitrogen and oxygen atoms in total. The van der Waals surface area contributed by atoms with Crippen LogP contribution in [0.15, 0.2) is 28.4 Å². The van der Waals surface area contributed by atoms with Crippen molar-refractivity contribution >= 4 is 33.7 Å². The second-order valence-electron chi connectivity index (χ2n) is 3.53. The molecule has 0 bridgehead atoms. The molecule has 0 saturated carbocycles. The molecule has 0 atom stereocenters. The van der Waals surface area contributed by atoms with E-state index in [9.17, 15) is 9.18 Å². The van der Waals surface area contributed by atoms with Crippen LogP contribution >= 0.6 is 15.9 Å². The van der Waals surface area contributed by atoms with Crippen LogP contribution in [0, 0.1) is 18.2 Å². The Labute approximate surface area is 113 Å². The first-order valence-corrected chi connectivity index (χ1v) is 5.94. The van der Waals surface area contributed by atoms with Crippen molar-refractivity contribution < 1.29 is 9.18 Å². The van der Waals surface area contributed by atoms with E-state index < -0.39 is 11.7 Å². The van der Waals surface area contributed by atoms with Gasteiger partial charge in [0.1, 0.15) is 11.5 Å². The zero-order chi connectivity index (χ0) is 13.7. The number of halogens is 2. The van der Waals surface area contributed by atoms with E-state index >= 15 is 0 Å². The Morgan fingerprint density at radius 3 is 2.72 bits per heavy atom. The lowest BCUT2D eigenvalue weighted by Crippen LogP contribution is -2.23. The maximum Gasteiger partial charge on any atom is 0.271 e. The van der Waals surface area contributed by atoms with Gasteiger partial charge in [0.2, 0.25) is 0 Å². The Kier molecular flexibility index (Phi) is 5.03. The van der Waals surface area contributed by atoms with Gasteiger partial charge in [-0.05, 0) is 30.7 Å². The summed E-state index contributed by atoms with van der Waals surface area (Å²) in [6.07, 6.45) is 2.27. The van der Waals surface area contributed by atoms with Crippen LogP contribution in [0.5, 0.6) is 0 Å². The SMILES string of the molecule is CN/C(=C\C=N)C(=O)Nc1cc(C)c(Br)cc1F. The molecule has 3 N–H and O–H groups in total. The molecule has 0 aliphatic heterocycles. The van der Waals surface area contributed by atoms with Crippen molar-refractivity contribution in [2.75, 3.05) is 12.4 Å². The monoisotopic (exact) mass is 313 g/mol. The number of amides is 1. The molecule has 0 radical (unpaired) electrons. The summed E-state index contributed by atoms with van der Waals surface area (Å²) in [5.41, 5.74) is 1.10. The average molecular weight is 314 g/mol. The highest BCUT2D eigenvalue weighted by Crippen LogP contribution is 2.24. The van der Waals surface area contributed by atoms with Crippen LogP contribution in [0.2, 0.25) is 0 Å². The summed E-state index contributed by atoms with van der Waals surface area (Å²) >= 11 is 3.21. The minimum absolute atomic E-state index is 0.104. The van der Waals surface area contributed by atoms with Crippen LogP contribution in [-0.4, -0.2) is 19.2 Å². The van der Waals surface area contributed by atoms with Crippen molar-refractivity contribution in [1.29, 1.82) is 5.41 Å².